The zero-order valence-electron chi connectivity index (χ0n) is 24.4. The Hall–Kier alpha value is -4.74. The topological polar surface area (TPSA) is 125 Å². The second-order valence-electron chi connectivity index (χ2n) is 11.2. The van der Waals surface area contributed by atoms with E-state index in [4.69, 9.17) is 0 Å². The number of allylic oxidation sites excluding steroid dienone is 2. The molecule has 1 fully saturated rings. The highest BCUT2D eigenvalue weighted by molar-refractivity contribution is 6.01. The first-order valence-electron chi connectivity index (χ1n) is 14.0. The van der Waals surface area contributed by atoms with Gasteiger partial charge in [-0.05, 0) is 81.0 Å². The van der Waals surface area contributed by atoms with E-state index in [0.29, 0.717) is 22.7 Å². The first-order valence-corrected chi connectivity index (χ1v) is 14.0. The molecule has 2 aromatic heterocycles. The molecule has 1 atom stereocenters. The molecule has 224 valence electrons. The van der Waals surface area contributed by atoms with Crippen molar-refractivity contribution in [2.75, 3.05) is 0 Å². The molecule has 5 rings (SSSR count). The monoisotopic (exact) mass is 589 g/mol. The Morgan fingerprint density at radius 1 is 1.23 bits per heavy atom. The van der Waals surface area contributed by atoms with Gasteiger partial charge >= 0.3 is 0 Å². The zero-order chi connectivity index (χ0) is 31.1. The summed E-state index contributed by atoms with van der Waals surface area (Å²) in [6, 6.07) is 8.22. The number of nitrogens with one attached hydrogen (secondary N) is 1. The molecule has 3 aromatic rings. The van der Waals surface area contributed by atoms with Crippen molar-refractivity contribution in [3.63, 3.8) is 0 Å². The summed E-state index contributed by atoms with van der Waals surface area (Å²) in [6.45, 7) is 10.2. The maximum atomic E-state index is 13.9. The number of Topliss-reactive ketones (excluding diaryl/α,β-unsaturated/α-hetero) is 1. The molecule has 12 heteroatoms. The minimum Gasteiger partial charge on any atom is -0.504 e. The number of alkyl halides is 2. The summed E-state index contributed by atoms with van der Waals surface area (Å²) in [4.78, 5) is 31.5. The van der Waals surface area contributed by atoms with Crippen LogP contribution in [0.5, 0.6) is 5.75 Å². The quantitative estimate of drug-likeness (QED) is 0.289. The number of hydrogen-bond donors (Lipinski definition) is 2. The van der Waals surface area contributed by atoms with E-state index < -0.39 is 11.6 Å². The molecule has 1 aromatic carbocycles. The van der Waals surface area contributed by atoms with Gasteiger partial charge in [0.05, 0.1) is 17.9 Å². The van der Waals surface area contributed by atoms with Gasteiger partial charge in [0.15, 0.2) is 17.4 Å². The van der Waals surface area contributed by atoms with Gasteiger partial charge < -0.3 is 10.4 Å². The molecule has 1 saturated carbocycles. The van der Waals surface area contributed by atoms with Crippen LogP contribution in [0.4, 0.5) is 8.78 Å². The van der Waals surface area contributed by atoms with E-state index in [1.165, 1.54) is 28.0 Å². The molecule has 1 aliphatic heterocycles. The van der Waals surface area contributed by atoms with Gasteiger partial charge in [0, 0.05) is 31.1 Å². The second kappa shape index (κ2) is 11.5. The number of hydrogen-bond acceptors (Lipinski definition) is 8. The minimum absolute atomic E-state index is 0.0286. The molecule has 43 heavy (non-hydrogen) atoms. The van der Waals surface area contributed by atoms with E-state index in [2.05, 4.69) is 32.3 Å². The standard InChI is InChI=1S/C31H33F2N7O3/c1-17-11-18(2)23(24(12-17)30(43)35-20(4)21-8-9-21)15-27(42)25-14-22(37-40(25)29-26(41)7-6-10-34-29)16-39-19(3)13-28(36-38-39)31(5,32)33/h6-7,10-14,20-21,41H,3,8-9,15-16H2,1-2,4-5H3,(H,35,43). The number of aromatic nitrogens is 3. The third kappa shape index (κ3) is 6.52. The van der Waals surface area contributed by atoms with Crippen LogP contribution >= 0.6 is 0 Å². The Balaban J connectivity index is 1.47. The highest BCUT2D eigenvalue weighted by Gasteiger charge is 2.32. The van der Waals surface area contributed by atoms with Gasteiger partial charge in [-0.2, -0.15) is 13.9 Å². The van der Waals surface area contributed by atoms with E-state index in [0.717, 1.165) is 37.0 Å². The molecular formula is C31H33F2N7O3. The number of amides is 1. The van der Waals surface area contributed by atoms with Crippen molar-refractivity contribution in [2.24, 2.45) is 16.3 Å². The lowest BCUT2D eigenvalue weighted by atomic mass is 9.93. The van der Waals surface area contributed by atoms with Crippen LogP contribution in [0.25, 0.3) is 5.82 Å². The van der Waals surface area contributed by atoms with Gasteiger partial charge in [-0.15, -0.1) is 5.11 Å². The smallest absolute Gasteiger partial charge is 0.288 e. The Morgan fingerprint density at radius 3 is 2.63 bits per heavy atom. The van der Waals surface area contributed by atoms with Crippen molar-refractivity contribution in [2.45, 2.75) is 65.5 Å². The van der Waals surface area contributed by atoms with Crippen molar-refractivity contribution in [3.05, 3.63) is 94.2 Å². The molecule has 2 aliphatic rings. The number of carbonyl (C=O) groups is 2. The number of nitrogens with zero attached hydrogens (tertiary/aromatic N) is 6. The van der Waals surface area contributed by atoms with E-state index in [1.807, 2.05) is 26.8 Å². The zero-order valence-corrected chi connectivity index (χ0v) is 24.4. The third-order valence-electron chi connectivity index (χ3n) is 7.56. The van der Waals surface area contributed by atoms with E-state index >= 15 is 0 Å². The summed E-state index contributed by atoms with van der Waals surface area (Å²) in [7, 11) is 0. The number of halogens is 2. The fourth-order valence-electron chi connectivity index (χ4n) is 5.03. The third-order valence-corrected chi connectivity index (χ3v) is 7.56. The average molecular weight is 590 g/mol. The predicted molar refractivity (Wildman–Crippen MR) is 155 cm³/mol. The highest BCUT2D eigenvalue weighted by atomic mass is 19.3. The van der Waals surface area contributed by atoms with Gasteiger partial charge in [-0.3, -0.25) is 9.59 Å². The molecule has 2 N–H and O–H groups in total. The van der Waals surface area contributed by atoms with E-state index in [-0.39, 0.29) is 53.7 Å². The molecule has 1 unspecified atom stereocenters. The molecule has 0 spiro atoms. The predicted octanol–water partition coefficient (Wildman–Crippen LogP) is 5.78. The number of benzene rings is 1. The fourth-order valence-corrected chi connectivity index (χ4v) is 5.03. The number of aryl methyl sites for hydroxylation is 2. The Kier molecular flexibility index (Phi) is 7.96. The molecule has 0 saturated heterocycles. The number of ketones is 1. The summed E-state index contributed by atoms with van der Waals surface area (Å²) in [5.41, 5.74) is 2.80. The SMILES string of the molecule is C=C1C=C(C(C)(F)F)N=NN1Cc1cc(C(=O)Cc2c(C)cc(C)cc2C(=O)NC(C)C2CC2)n(-c2ncccc2O)n1. The van der Waals surface area contributed by atoms with Crippen molar-refractivity contribution in [3.8, 4) is 11.6 Å². The van der Waals surface area contributed by atoms with Gasteiger partial charge in [0.1, 0.15) is 11.4 Å². The lowest BCUT2D eigenvalue weighted by Crippen LogP contribution is -2.35. The molecular weight excluding hydrogens is 556 g/mol. The minimum atomic E-state index is -3.18. The van der Waals surface area contributed by atoms with Crippen molar-refractivity contribution in [1.29, 1.82) is 0 Å². The first kappa shape index (κ1) is 29.7. The summed E-state index contributed by atoms with van der Waals surface area (Å²) >= 11 is 0. The number of rotatable bonds is 10. The van der Waals surface area contributed by atoms with Crippen LogP contribution in [-0.2, 0) is 13.0 Å². The fraction of sp³-hybridized carbons (Fsp3) is 0.355. The highest BCUT2D eigenvalue weighted by Crippen LogP contribution is 2.33. The van der Waals surface area contributed by atoms with E-state index in [9.17, 15) is 23.5 Å². The largest absolute Gasteiger partial charge is 0.504 e. The van der Waals surface area contributed by atoms with Crippen LogP contribution in [0.3, 0.4) is 0 Å². The summed E-state index contributed by atoms with van der Waals surface area (Å²) in [6.07, 6.45) is 4.65. The summed E-state index contributed by atoms with van der Waals surface area (Å²) in [5, 5.41) is 26.9. The van der Waals surface area contributed by atoms with Gasteiger partial charge in [0.25, 0.3) is 11.8 Å². The molecule has 1 amide bonds. The molecule has 1 aliphatic carbocycles. The summed E-state index contributed by atoms with van der Waals surface area (Å²) in [5.74, 6) is -3.49. The van der Waals surface area contributed by atoms with Crippen molar-refractivity contribution >= 4 is 11.7 Å². The van der Waals surface area contributed by atoms with E-state index in [1.54, 1.807) is 12.1 Å². The lowest BCUT2D eigenvalue weighted by Gasteiger charge is -2.22. The molecule has 0 radical (unpaired) electrons. The second-order valence-corrected chi connectivity index (χ2v) is 11.2. The van der Waals surface area contributed by atoms with Crippen LogP contribution in [0.2, 0.25) is 0 Å². The maximum Gasteiger partial charge on any atom is 0.288 e. The maximum absolute atomic E-state index is 13.9. The van der Waals surface area contributed by atoms with Crippen molar-refractivity contribution in [1.82, 2.24) is 25.1 Å². The van der Waals surface area contributed by atoms with Gasteiger partial charge in [-0.1, -0.05) is 23.4 Å². The first-order chi connectivity index (χ1) is 20.3. The van der Waals surface area contributed by atoms with Gasteiger partial charge in [-0.25, -0.2) is 14.7 Å². The van der Waals surface area contributed by atoms with Crippen LogP contribution in [-0.4, -0.2) is 48.5 Å². The molecule has 3 heterocycles. The number of aromatic hydroxyl groups is 1. The Bertz CT molecular complexity index is 1670. The molecule has 0 bridgehead atoms. The van der Waals surface area contributed by atoms with Crippen molar-refractivity contribution < 1.29 is 23.5 Å². The Morgan fingerprint density at radius 2 is 1.98 bits per heavy atom. The normalized spacial score (nSPS) is 15.8. The van der Waals surface area contributed by atoms with Crippen LogP contribution in [0.15, 0.2) is 70.9 Å². The van der Waals surface area contributed by atoms with Gasteiger partial charge in [0.2, 0.25) is 0 Å². The number of pyridine rings is 1. The van der Waals surface area contributed by atoms with Crippen LogP contribution in [0, 0.1) is 19.8 Å². The Labute approximate surface area is 247 Å². The van der Waals surface area contributed by atoms with Crippen LogP contribution in [0.1, 0.15) is 69.9 Å². The lowest BCUT2D eigenvalue weighted by molar-refractivity contribution is 0.0580. The van der Waals surface area contributed by atoms with Crippen LogP contribution < -0.4 is 5.32 Å². The number of carbonyl (C=O) groups excluding carboxylic acids is 2. The molecule has 10 nitrogen and oxygen atoms in total. The summed E-state index contributed by atoms with van der Waals surface area (Å²) < 4.78 is 28.7. The average Bonchev–Trinajstić information content (AvgIpc) is 3.71.